The summed E-state index contributed by atoms with van der Waals surface area (Å²) in [6.07, 6.45) is 0.956. The first kappa shape index (κ1) is 27.5. The van der Waals surface area contributed by atoms with Crippen molar-refractivity contribution in [3.05, 3.63) is 125 Å². The van der Waals surface area contributed by atoms with Gasteiger partial charge in [0.15, 0.2) is 0 Å². The molecule has 0 atom stereocenters. The molecule has 0 aromatic heterocycles. The second-order valence-electron chi connectivity index (χ2n) is 9.40. The van der Waals surface area contributed by atoms with Gasteiger partial charge in [0, 0.05) is 17.8 Å². The standard InChI is InChI=1S/C33H34N2O4/c1-24-10-12-26(13-11-24)23-35(33(37)28-7-5-9-31(22-28)39-3)29-8-4-6-27(20-29)21-32(36)34-19-18-25-14-16-30(38-2)17-15-25/h4-17,20,22H,18-19,21,23H2,1-3H3,(H,34,36). The van der Waals surface area contributed by atoms with Gasteiger partial charge in [-0.15, -0.1) is 0 Å². The number of ether oxygens (including phenoxy) is 2. The molecule has 2 amide bonds. The summed E-state index contributed by atoms with van der Waals surface area (Å²) < 4.78 is 10.5. The van der Waals surface area contributed by atoms with Crippen LogP contribution in [0.1, 0.15) is 32.6 Å². The maximum absolute atomic E-state index is 13.7. The van der Waals surface area contributed by atoms with Crippen LogP contribution in [0.5, 0.6) is 11.5 Å². The first-order chi connectivity index (χ1) is 18.9. The molecule has 0 aliphatic rings. The Morgan fingerprint density at radius 1 is 0.744 bits per heavy atom. The minimum Gasteiger partial charge on any atom is -0.497 e. The number of carbonyl (C=O) groups excluding carboxylic acids is 2. The van der Waals surface area contributed by atoms with E-state index in [1.54, 1.807) is 31.3 Å². The van der Waals surface area contributed by atoms with Gasteiger partial charge in [-0.05, 0) is 72.5 Å². The van der Waals surface area contributed by atoms with Gasteiger partial charge < -0.3 is 19.7 Å². The highest BCUT2D eigenvalue weighted by molar-refractivity contribution is 6.06. The van der Waals surface area contributed by atoms with Gasteiger partial charge in [0.1, 0.15) is 11.5 Å². The number of hydrogen-bond donors (Lipinski definition) is 1. The molecular formula is C33H34N2O4. The van der Waals surface area contributed by atoms with Gasteiger partial charge in [0.2, 0.25) is 5.91 Å². The molecule has 200 valence electrons. The molecular weight excluding hydrogens is 488 g/mol. The first-order valence-corrected chi connectivity index (χ1v) is 12.9. The van der Waals surface area contributed by atoms with Crippen molar-refractivity contribution in [2.24, 2.45) is 0 Å². The smallest absolute Gasteiger partial charge is 0.258 e. The van der Waals surface area contributed by atoms with Crippen LogP contribution in [0.2, 0.25) is 0 Å². The largest absolute Gasteiger partial charge is 0.497 e. The van der Waals surface area contributed by atoms with Crippen LogP contribution in [0.15, 0.2) is 97.1 Å². The summed E-state index contributed by atoms with van der Waals surface area (Å²) in [6, 6.07) is 30.7. The van der Waals surface area contributed by atoms with Crippen molar-refractivity contribution in [2.45, 2.75) is 26.3 Å². The third-order valence-electron chi connectivity index (χ3n) is 6.50. The summed E-state index contributed by atoms with van der Waals surface area (Å²) in [7, 11) is 3.22. The predicted molar refractivity (Wildman–Crippen MR) is 155 cm³/mol. The van der Waals surface area contributed by atoms with Crippen molar-refractivity contribution < 1.29 is 19.1 Å². The summed E-state index contributed by atoms with van der Waals surface area (Å²) in [5.41, 5.74) is 5.39. The van der Waals surface area contributed by atoms with Crippen LogP contribution in [0.25, 0.3) is 0 Å². The average Bonchev–Trinajstić information content (AvgIpc) is 2.97. The number of aryl methyl sites for hydroxylation is 1. The Bertz CT molecular complexity index is 1400. The first-order valence-electron chi connectivity index (χ1n) is 12.9. The number of methoxy groups -OCH3 is 2. The number of rotatable bonds is 11. The Morgan fingerprint density at radius 3 is 2.15 bits per heavy atom. The number of anilines is 1. The fraction of sp³-hybridized carbons (Fsp3) is 0.212. The summed E-state index contributed by atoms with van der Waals surface area (Å²) in [5, 5.41) is 3.00. The maximum atomic E-state index is 13.7. The van der Waals surface area contributed by atoms with Crippen molar-refractivity contribution in [3.8, 4) is 11.5 Å². The van der Waals surface area contributed by atoms with E-state index >= 15 is 0 Å². The number of amides is 2. The fourth-order valence-electron chi connectivity index (χ4n) is 4.29. The van der Waals surface area contributed by atoms with Gasteiger partial charge >= 0.3 is 0 Å². The normalized spacial score (nSPS) is 10.5. The van der Waals surface area contributed by atoms with E-state index < -0.39 is 0 Å². The molecule has 39 heavy (non-hydrogen) atoms. The molecule has 4 rings (SSSR count). The van der Waals surface area contributed by atoms with E-state index in [0.717, 1.165) is 40.1 Å². The Kier molecular flexibility index (Phi) is 9.35. The summed E-state index contributed by atoms with van der Waals surface area (Å²) in [6.45, 7) is 2.97. The number of nitrogens with one attached hydrogen (secondary N) is 1. The lowest BCUT2D eigenvalue weighted by atomic mass is 10.1. The topological polar surface area (TPSA) is 67.9 Å². The Hall–Kier alpha value is -4.58. The highest BCUT2D eigenvalue weighted by Gasteiger charge is 2.20. The number of benzene rings is 4. The summed E-state index contributed by atoms with van der Waals surface area (Å²) in [5.74, 6) is 1.22. The molecule has 0 unspecified atom stereocenters. The van der Waals surface area contributed by atoms with E-state index in [1.807, 2.05) is 91.9 Å². The van der Waals surface area contributed by atoms with Crippen molar-refractivity contribution in [3.63, 3.8) is 0 Å². The lowest BCUT2D eigenvalue weighted by Gasteiger charge is -2.24. The maximum Gasteiger partial charge on any atom is 0.258 e. The minimum absolute atomic E-state index is 0.0649. The van der Waals surface area contributed by atoms with Crippen LogP contribution < -0.4 is 19.7 Å². The second kappa shape index (κ2) is 13.3. The van der Waals surface area contributed by atoms with Crippen LogP contribution in [-0.4, -0.2) is 32.6 Å². The highest BCUT2D eigenvalue weighted by atomic mass is 16.5. The number of nitrogens with zero attached hydrogens (tertiary/aromatic N) is 1. The quantitative estimate of drug-likeness (QED) is 0.272. The SMILES string of the molecule is COc1ccc(CCNC(=O)Cc2cccc(N(Cc3ccc(C)cc3)C(=O)c3cccc(OC)c3)c2)cc1. The molecule has 0 aliphatic carbocycles. The fourth-order valence-corrected chi connectivity index (χ4v) is 4.29. The van der Waals surface area contributed by atoms with Gasteiger partial charge in [0.25, 0.3) is 5.91 Å². The Labute approximate surface area is 230 Å². The lowest BCUT2D eigenvalue weighted by Crippen LogP contribution is -2.31. The minimum atomic E-state index is -0.143. The summed E-state index contributed by atoms with van der Waals surface area (Å²) in [4.78, 5) is 28.2. The molecule has 0 spiro atoms. The van der Waals surface area contributed by atoms with E-state index in [9.17, 15) is 9.59 Å². The molecule has 0 aliphatic heterocycles. The number of hydrogen-bond acceptors (Lipinski definition) is 4. The van der Waals surface area contributed by atoms with Crippen molar-refractivity contribution in [1.29, 1.82) is 0 Å². The molecule has 6 heteroatoms. The predicted octanol–water partition coefficient (Wildman–Crippen LogP) is 5.76. The van der Waals surface area contributed by atoms with Crippen LogP contribution in [0.4, 0.5) is 5.69 Å². The number of carbonyl (C=O) groups is 2. The van der Waals surface area contributed by atoms with Crippen LogP contribution in [0.3, 0.4) is 0 Å². The Morgan fingerprint density at radius 2 is 1.44 bits per heavy atom. The molecule has 1 N–H and O–H groups in total. The second-order valence-corrected chi connectivity index (χ2v) is 9.40. The van der Waals surface area contributed by atoms with E-state index in [1.165, 1.54) is 0 Å². The molecule has 0 saturated heterocycles. The van der Waals surface area contributed by atoms with E-state index in [4.69, 9.17) is 9.47 Å². The van der Waals surface area contributed by atoms with Crippen molar-refractivity contribution in [2.75, 3.05) is 25.7 Å². The van der Waals surface area contributed by atoms with E-state index in [2.05, 4.69) is 5.32 Å². The van der Waals surface area contributed by atoms with Gasteiger partial charge in [-0.2, -0.15) is 0 Å². The summed E-state index contributed by atoms with van der Waals surface area (Å²) >= 11 is 0. The van der Waals surface area contributed by atoms with Gasteiger partial charge in [0.05, 0.1) is 27.2 Å². The molecule has 0 fully saturated rings. The van der Waals surface area contributed by atoms with Crippen molar-refractivity contribution in [1.82, 2.24) is 5.32 Å². The third-order valence-corrected chi connectivity index (χ3v) is 6.50. The zero-order valence-corrected chi connectivity index (χ0v) is 22.6. The van der Waals surface area contributed by atoms with Gasteiger partial charge in [-0.3, -0.25) is 9.59 Å². The molecule has 6 nitrogen and oxygen atoms in total. The zero-order chi connectivity index (χ0) is 27.6. The van der Waals surface area contributed by atoms with Crippen LogP contribution in [0, 0.1) is 6.92 Å². The van der Waals surface area contributed by atoms with Gasteiger partial charge in [-0.25, -0.2) is 0 Å². The molecule has 0 radical (unpaired) electrons. The molecule has 0 saturated carbocycles. The third kappa shape index (κ3) is 7.71. The molecule has 0 bridgehead atoms. The Balaban J connectivity index is 1.48. The molecule has 0 heterocycles. The van der Waals surface area contributed by atoms with Crippen LogP contribution >= 0.6 is 0 Å². The van der Waals surface area contributed by atoms with Crippen LogP contribution in [-0.2, 0) is 24.2 Å². The van der Waals surface area contributed by atoms with Gasteiger partial charge in [-0.1, -0.05) is 60.2 Å². The van der Waals surface area contributed by atoms with Crippen molar-refractivity contribution >= 4 is 17.5 Å². The zero-order valence-electron chi connectivity index (χ0n) is 22.6. The van der Waals surface area contributed by atoms with E-state index in [-0.39, 0.29) is 18.2 Å². The average molecular weight is 523 g/mol. The molecule has 4 aromatic carbocycles. The highest BCUT2D eigenvalue weighted by Crippen LogP contribution is 2.24. The monoisotopic (exact) mass is 522 g/mol. The molecule has 4 aromatic rings. The van der Waals surface area contributed by atoms with E-state index in [0.29, 0.717) is 24.4 Å². The lowest BCUT2D eigenvalue weighted by molar-refractivity contribution is -0.120.